The fraction of sp³-hybridized carbons (Fsp3) is 0.417. The van der Waals surface area contributed by atoms with Gasteiger partial charge in [-0.3, -0.25) is 9.59 Å². The number of amides is 2. The van der Waals surface area contributed by atoms with Crippen molar-refractivity contribution in [2.24, 2.45) is 5.41 Å². The zero-order valence-corrected chi connectivity index (χ0v) is 18.9. The van der Waals surface area contributed by atoms with Crippen LogP contribution in [0.4, 0.5) is 5.00 Å². The van der Waals surface area contributed by atoms with E-state index < -0.39 is 5.41 Å². The molecule has 0 bridgehead atoms. The largest absolute Gasteiger partial charge is 0.361 e. The lowest BCUT2D eigenvalue weighted by atomic mass is 9.89. The number of benzene rings is 1. The minimum Gasteiger partial charge on any atom is -0.361 e. The summed E-state index contributed by atoms with van der Waals surface area (Å²) in [6.45, 7) is 9.09. The summed E-state index contributed by atoms with van der Waals surface area (Å²) in [5.41, 5.74) is 2.99. The fourth-order valence-electron chi connectivity index (χ4n) is 4.02. The molecule has 5 nitrogen and oxygen atoms in total. The number of thiophene rings is 1. The molecule has 1 saturated heterocycles. The quantitative estimate of drug-likeness (QED) is 0.581. The van der Waals surface area contributed by atoms with Gasteiger partial charge in [0.15, 0.2) is 0 Å². The van der Waals surface area contributed by atoms with E-state index in [0.717, 1.165) is 41.4 Å². The summed E-state index contributed by atoms with van der Waals surface area (Å²) >= 11 is 1.38. The van der Waals surface area contributed by atoms with Gasteiger partial charge in [-0.15, -0.1) is 11.3 Å². The molecule has 2 amide bonds. The van der Waals surface area contributed by atoms with Crippen molar-refractivity contribution in [3.05, 3.63) is 52.5 Å². The maximum atomic E-state index is 13.1. The van der Waals surface area contributed by atoms with Crippen molar-refractivity contribution in [1.29, 1.82) is 0 Å². The van der Waals surface area contributed by atoms with Gasteiger partial charge in [0.2, 0.25) is 5.91 Å². The van der Waals surface area contributed by atoms with Gasteiger partial charge < -0.3 is 15.2 Å². The smallest absolute Gasteiger partial charge is 0.264 e. The van der Waals surface area contributed by atoms with Gasteiger partial charge in [-0.25, -0.2) is 0 Å². The van der Waals surface area contributed by atoms with E-state index in [2.05, 4.69) is 34.7 Å². The Balaban J connectivity index is 1.43. The minimum atomic E-state index is -0.466. The molecule has 2 N–H and O–H groups in total. The fourth-order valence-corrected chi connectivity index (χ4v) is 5.06. The Labute approximate surface area is 181 Å². The summed E-state index contributed by atoms with van der Waals surface area (Å²) in [6, 6.07) is 10.3. The second-order valence-electron chi connectivity index (χ2n) is 9.18. The van der Waals surface area contributed by atoms with Gasteiger partial charge in [0.05, 0.1) is 9.88 Å². The van der Waals surface area contributed by atoms with Crippen molar-refractivity contribution >= 4 is 39.1 Å². The monoisotopic (exact) mass is 423 g/mol. The Morgan fingerprint density at radius 3 is 2.57 bits per heavy atom. The van der Waals surface area contributed by atoms with Crippen LogP contribution in [0, 0.1) is 12.3 Å². The Morgan fingerprint density at radius 2 is 1.87 bits per heavy atom. The molecule has 0 atom stereocenters. The van der Waals surface area contributed by atoms with Crippen LogP contribution in [0.5, 0.6) is 0 Å². The molecule has 0 aliphatic carbocycles. The van der Waals surface area contributed by atoms with Crippen molar-refractivity contribution in [3.63, 3.8) is 0 Å². The number of nitrogens with one attached hydrogen (secondary N) is 2. The molecule has 1 aliphatic heterocycles. The van der Waals surface area contributed by atoms with Gasteiger partial charge in [-0.05, 0) is 48.9 Å². The molecule has 1 fully saturated rings. The van der Waals surface area contributed by atoms with E-state index in [1.54, 1.807) is 0 Å². The van der Waals surface area contributed by atoms with Crippen molar-refractivity contribution < 1.29 is 9.59 Å². The van der Waals surface area contributed by atoms with E-state index in [1.165, 1.54) is 27.8 Å². The van der Waals surface area contributed by atoms with Crippen molar-refractivity contribution in [2.45, 2.75) is 46.5 Å². The third kappa shape index (κ3) is 4.01. The van der Waals surface area contributed by atoms with Gasteiger partial charge in [-0.1, -0.05) is 39.0 Å². The van der Waals surface area contributed by atoms with Crippen molar-refractivity contribution in [2.75, 3.05) is 18.4 Å². The molecular weight excluding hydrogens is 394 g/mol. The number of anilines is 1. The molecule has 0 saturated carbocycles. The van der Waals surface area contributed by atoms with Gasteiger partial charge in [0.25, 0.3) is 5.91 Å². The van der Waals surface area contributed by atoms with Gasteiger partial charge in [0.1, 0.15) is 0 Å². The number of rotatable bonds is 3. The molecule has 30 heavy (non-hydrogen) atoms. The van der Waals surface area contributed by atoms with Gasteiger partial charge >= 0.3 is 0 Å². The third-order valence-corrected chi connectivity index (χ3v) is 7.01. The molecule has 0 unspecified atom stereocenters. The first kappa shape index (κ1) is 20.7. The molecule has 0 spiro atoms. The number of hydrogen-bond acceptors (Lipinski definition) is 3. The second-order valence-corrected chi connectivity index (χ2v) is 10.2. The van der Waals surface area contributed by atoms with Crippen LogP contribution in [0.3, 0.4) is 0 Å². The summed E-state index contributed by atoms with van der Waals surface area (Å²) in [5.74, 6) is 0.504. The predicted octanol–water partition coefficient (Wildman–Crippen LogP) is 5.54. The number of aromatic amines is 1. The number of aryl methyl sites for hydroxylation is 1. The molecule has 1 aromatic carbocycles. The summed E-state index contributed by atoms with van der Waals surface area (Å²) in [7, 11) is 0. The van der Waals surface area contributed by atoms with E-state index in [9.17, 15) is 9.59 Å². The first-order valence-corrected chi connectivity index (χ1v) is 11.3. The van der Waals surface area contributed by atoms with Crippen LogP contribution >= 0.6 is 11.3 Å². The summed E-state index contributed by atoms with van der Waals surface area (Å²) in [5, 5.41) is 4.98. The molecule has 0 radical (unpaired) electrons. The zero-order valence-electron chi connectivity index (χ0n) is 18.0. The van der Waals surface area contributed by atoms with Crippen molar-refractivity contribution in [3.8, 4) is 0 Å². The highest BCUT2D eigenvalue weighted by Crippen LogP contribution is 2.35. The number of likely N-dealkylation sites (tertiary alicyclic amines) is 1. The number of H-pyrrole nitrogens is 1. The van der Waals surface area contributed by atoms with E-state index in [0.29, 0.717) is 5.92 Å². The number of para-hydroxylation sites is 1. The number of aromatic nitrogens is 1. The van der Waals surface area contributed by atoms with Crippen LogP contribution in [0.25, 0.3) is 10.9 Å². The standard InChI is InChI=1S/C24H29N3O2S/c1-15-13-20(26-23(29)24(2,3)4)30-21(15)22(28)27-11-9-16(10-12-27)18-14-25-19-8-6-5-7-17(18)19/h5-8,13-14,16,25H,9-12H2,1-4H3,(H,26,29). The maximum absolute atomic E-state index is 13.1. The van der Waals surface area contributed by atoms with Gasteiger partial charge in [0, 0.05) is 35.6 Å². The third-order valence-electron chi connectivity index (χ3n) is 5.87. The van der Waals surface area contributed by atoms with Gasteiger partial charge in [-0.2, -0.15) is 0 Å². The molecule has 2 aromatic heterocycles. The minimum absolute atomic E-state index is 0.0395. The molecule has 4 rings (SSSR count). The SMILES string of the molecule is Cc1cc(NC(=O)C(C)(C)C)sc1C(=O)N1CCC(c2c[nH]c3ccccc23)CC1. The van der Waals surface area contributed by atoms with E-state index >= 15 is 0 Å². The molecule has 158 valence electrons. The Bertz CT molecular complexity index is 1080. The number of nitrogens with zero attached hydrogens (tertiary/aromatic N) is 1. The molecule has 6 heteroatoms. The highest BCUT2D eigenvalue weighted by atomic mass is 32.1. The molecule has 1 aliphatic rings. The highest BCUT2D eigenvalue weighted by molar-refractivity contribution is 7.18. The van der Waals surface area contributed by atoms with Crippen LogP contribution in [-0.4, -0.2) is 34.8 Å². The lowest BCUT2D eigenvalue weighted by Gasteiger charge is -2.32. The molecular formula is C24H29N3O2S. The van der Waals surface area contributed by atoms with Crippen molar-refractivity contribution in [1.82, 2.24) is 9.88 Å². The lowest BCUT2D eigenvalue weighted by Crippen LogP contribution is -2.37. The topological polar surface area (TPSA) is 65.2 Å². The number of fused-ring (bicyclic) bond motifs is 1. The predicted molar refractivity (Wildman–Crippen MR) is 123 cm³/mol. The van der Waals surface area contributed by atoms with Crippen LogP contribution in [0.15, 0.2) is 36.5 Å². The Morgan fingerprint density at radius 1 is 1.17 bits per heavy atom. The average Bonchev–Trinajstić information content (AvgIpc) is 3.30. The van der Waals surface area contributed by atoms with Crippen LogP contribution < -0.4 is 5.32 Å². The zero-order chi connectivity index (χ0) is 21.5. The summed E-state index contributed by atoms with van der Waals surface area (Å²) < 4.78 is 0. The van der Waals surface area contributed by atoms with E-state index in [-0.39, 0.29) is 11.8 Å². The first-order valence-electron chi connectivity index (χ1n) is 10.5. The molecule has 3 heterocycles. The van der Waals surface area contributed by atoms with E-state index in [4.69, 9.17) is 0 Å². The Kier molecular flexibility index (Phi) is 5.45. The summed E-state index contributed by atoms with van der Waals surface area (Å²) in [6.07, 6.45) is 4.05. The normalized spacial score (nSPS) is 15.5. The first-order chi connectivity index (χ1) is 14.2. The number of piperidine rings is 1. The van der Waals surface area contributed by atoms with Crippen LogP contribution in [0.1, 0.15) is 60.3 Å². The molecule has 3 aromatic rings. The number of carbonyl (C=O) groups excluding carboxylic acids is 2. The highest BCUT2D eigenvalue weighted by Gasteiger charge is 2.28. The summed E-state index contributed by atoms with van der Waals surface area (Å²) in [4.78, 5) is 31.5. The average molecular weight is 424 g/mol. The number of carbonyl (C=O) groups is 2. The van der Waals surface area contributed by atoms with Crippen LogP contribution in [-0.2, 0) is 4.79 Å². The second kappa shape index (κ2) is 7.91. The lowest BCUT2D eigenvalue weighted by molar-refractivity contribution is -0.123. The van der Waals surface area contributed by atoms with Crippen LogP contribution in [0.2, 0.25) is 0 Å². The number of hydrogen-bond donors (Lipinski definition) is 2. The maximum Gasteiger partial charge on any atom is 0.264 e. The Hall–Kier alpha value is -2.60. The van der Waals surface area contributed by atoms with E-state index in [1.807, 2.05) is 44.7 Å².